The van der Waals surface area contributed by atoms with Crippen molar-refractivity contribution in [2.24, 2.45) is 4.99 Å². The molecule has 0 aliphatic carbocycles. The van der Waals surface area contributed by atoms with Gasteiger partial charge >= 0.3 is 0 Å². The molecule has 4 heteroatoms. The molecule has 2 N–H and O–H groups in total. The Morgan fingerprint density at radius 3 is 3.18 bits per heavy atom. The number of halogens is 1. The summed E-state index contributed by atoms with van der Waals surface area (Å²) in [5.41, 5.74) is 0. The number of hydrogen-bond donors (Lipinski definition) is 2. The minimum atomic E-state index is 0.728. The number of nitrogens with one attached hydrogen (secondary N) is 2. The summed E-state index contributed by atoms with van der Waals surface area (Å²) < 4.78 is 0.938. The fraction of sp³-hybridized carbons (Fsp3) is 0.571. The predicted molar refractivity (Wildman–Crippen MR) is 51.0 cm³/mol. The van der Waals surface area contributed by atoms with E-state index in [4.69, 9.17) is 0 Å². The molecule has 0 unspecified atom stereocenters. The molecular weight excluding hydrogens is 206 g/mol. The predicted octanol–water partition coefficient (Wildman–Crippen LogP) is 0.834. The first-order valence-corrected chi connectivity index (χ1v) is 4.44. The molecule has 0 spiro atoms. The van der Waals surface area contributed by atoms with Crippen LogP contribution in [0.5, 0.6) is 0 Å². The van der Waals surface area contributed by atoms with Gasteiger partial charge in [0.1, 0.15) is 0 Å². The van der Waals surface area contributed by atoms with Crippen LogP contribution in [0.1, 0.15) is 6.42 Å². The van der Waals surface area contributed by atoms with Crippen LogP contribution in [0.2, 0.25) is 0 Å². The fourth-order valence-electron chi connectivity index (χ4n) is 0.831. The maximum atomic E-state index is 4.23. The van der Waals surface area contributed by atoms with E-state index in [0.717, 1.165) is 36.5 Å². The molecule has 0 atom stereocenters. The summed E-state index contributed by atoms with van der Waals surface area (Å²) >= 11 is 3.26. The third kappa shape index (κ3) is 3.41. The van der Waals surface area contributed by atoms with Crippen LogP contribution >= 0.6 is 15.9 Å². The molecule has 3 nitrogen and oxygen atoms in total. The van der Waals surface area contributed by atoms with Crippen LogP contribution < -0.4 is 10.6 Å². The average Bonchev–Trinajstić information content (AvgIpc) is 2.03. The van der Waals surface area contributed by atoms with Crippen molar-refractivity contribution >= 4 is 21.9 Å². The number of nitrogens with zero attached hydrogens (tertiary/aromatic N) is 1. The van der Waals surface area contributed by atoms with Crippen molar-refractivity contribution in [3.63, 3.8) is 0 Å². The van der Waals surface area contributed by atoms with Crippen LogP contribution in [0.4, 0.5) is 0 Å². The van der Waals surface area contributed by atoms with Crippen LogP contribution in [0.25, 0.3) is 0 Å². The molecule has 0 aromatic carbocycles. The Morgan fingerprint density at radius 2 is 2.64 bits per heavy atom. The minimum Gasteiger partial charge on any atom is -0.356 e. The molecule has 0 radical (unpaired) electrons. The Morgan fingerprint density at radius 1 is 1.82 bits per heavy atom. The summed E-state index contributed by atoms with van der Waals surface area (Å²) in [6, 6.07) is 0. The summed E-state index contributed by atoms with van der Waals surface area (Å²) in [4.78, 5) is 4.23. The zero-order chi connectivity index (χ0) is 8.10. The standard InChI is InChI=1S/C7H12BrN3/c1-6(8)5-11-7-9-3-2-4-10-7/h1-5H2,(H2,9,10,11). The molecule has 0 saturated carbocycles. The van der Waals surface area contributed by atoms with Gasteiger partial charge in [0, 0.05) is 24.1 Å². The van der Waals surface area contributed by atoms with E-state index in [1.807, 2.05) is 0 Å². The lowest BCUT2D eigenvalue weighted by Crippen LogP contribution is -2.41. The van der Waals surface area contributed by atoms with Gasteiger partial charge in [-0.2, -0.15) is 0 Å². The van der Waals surface area contributed by atoms with Crippen LogP contribution in [-0.4, -0.2) is 25.6 Å². The van der Waals surface area contributed by atoms with Gasteiger partial charge in [-0.15, -0.1) is 0 Å². The van der Waals surface area contributed by atoms with Gasteiger partial charge < -0.3 is 10.6 Å². The first-order valence-electron chi connectivity index (χ1n) is 3.64. The number of hydrogen-bond acceptors (Lipinski definition) is 3. The SMILES string of the molecule is C=C(Br)CNC1=NCCCN1. The van der Waals surface area contributed by atoms with Crippen LogP contribution in [0, 0.1) is 0 Å². The second-order valence-electron chi connectivity index (χ2n) is 2.38. The molecule has 0 fully saturated rings. The third-order valence-electron chi connectivity index (χ3n) is 1.34. The van der Waals surface area contributed by atoms with Crippen molar-refractivity contribution in [3.05, 3.63) is 11.1 Å². The van der Waals surface area contributed by atoms with E-state index < -0.39 is 0 Å². The molecule has 0 aromatic rings. The van der Waals surface area contributed by atoms with E-state index in [1.165, 1.54) is 0 Å². The smallest absolute Gasteiger partial charge is 0.191 e. The van der Waals surface area contributed by atoms with E-state index in [9.17, 15) is 0 Å². The first kappa shape index (κ1) is 8.59. The molecule has 62 valence electrons. The Labute approximate surface area is 75.1 Å². The first-order chi connectivity index (χ1) is 5.29. The largest absolute Gasteiger partial charge is 0.356 e. The van der Waals surface area contributed by atoms with Gasteiger partial charge in [0.2, 0.25) is 0 Å². The molecule has 0 saturated heterocycles. The highest BCUT2D eigenvalue weighted by molar-refractivity contribution is 9.11. The highest BCUT2D eigenvalue weighted by Crippen LogP contribution is 1.96. The van der Waals surface area contributed by atoms with Crippen molar-refractivity contribution in [2.45, 2.75) is 6.42 Å². The van der Waals surface area contributed by atoms with Crippen LogP contribution in [0.3, 0.4) is 0 Å². The summed E-state index contributed by atoms with van der Waals surface area (Å²) in [6.45, 7) is 6.37. The third-order valence-corrected chi connectivity index (χ3v) is 1.63. The van der Waals surface area contributed by atoms with Gasteiger partial charge in [-0.1, -0.05) is 22.5 Å². The summed E-state index contributed by atoms with van der Waals surface area (Å²) in [5.74, 6) is 0.886. The van der Waals surface area contributed by atoms with E-state index in [-0.39, 0.29) is 0 Å². The van der Waals surface area contributed by atoms with Crippen molar-refractivity contribution in [3.8, 4) is 0 Å². The minimum absolute atomic E-state index is 0.728. The maximum Gasteiger partial charge on any atom is 0.191 e. The molecule has 11 heavy (non-hydrogen) atoms. The van der Waals surface area contributed by atoms with Gasteiger partial charge in [-0.05, 0) is 6.42 Å². The van der Waals surface area contributed by atoms with E-state index in [0.29, 0.717) is 0 Å². The van der Waals surface area contributed by atoms with Gasteiger partial charge in [0.25, 0.3) is 0 Å². The number of aliphatic imine (C=N–C) groups is 1. The summed E-state index contributed by atoms with van der Waals surface area (Å²) in [7, 11) is 0. The van der Waals surface area contributed by atoms with Crippen molar-refractivity contribution in [1.29, 1.82) is 0 Å². The molecule has 0 aromatic heterocycles. The van der Waals surface area contributed by atoms with E-state index in [2.05, 4.69) is 38.1 Å². The lowest BCUT2D eigenvalue weighted by molar-refractivity contribution is 0.713. The highest BCUT2D eigenvalue weighted by Gasteiger charge is 2.01. The highest BCUT2D eigenvalue weighted by atomic mass is 79.9. The average molecular weight is 218 g/mol. The second-order valence-corrected chi connectivity index (χ2v) is 3.50. The monoisotopic (exact) mass is 217 g/mol. The molecule has 1 heterocycles. The normalized spacial score (nSPS) is 16.6. The number of rotatable bonds is 2. The fourth-order valence-corrected chi connectivity index (χ4v) is 0.971. The number of guanidine groups is 1. The van der Waals surface area contributed by atoms with Gasteiger partial charge in [-0.25, -0.2) is 0 Å². The maximum absolute atomic E-state index is 4.23. The quantitative estimate of drug-likeness (QED) is 0.720. The lowest BCUT2D eigenvalue weighted by Gasteiger charge is -2.15. The van der Waals surface area contributed by atoms with Crippen LogP contribution in [-0.2, 0) is 0 Å². The Kier molecular flexibility index (Phi) is 3.42. The zero-order valence-corrected chi connectivity index (χ0v) is 7.95. The van der Waals surface area contributed by atoms with E-state index >= 15 is 0 Å². The van der Waals surface area contributed by atoms with Gasteiger partial charge in [-0.3, -0.25) is 4.99 Å². The molecule has 0 bridgehead atoms. The van der Waals surface area contributed by atoms with Crippen molar-refractivity contribution in [1.82, 2.24) is 10.6 Å². The zero-order valence-electron chi connectivity index (χ0n) is 6.36. The van der Waals surface area contributed by atoms with Gasteiger partial charge in [0.05, 0.1) is 0 Å². The molecular formula is C7H12BrN3. The van der Waals surface area contributed by atoms with E-state index in [1.54, 1.807) is 0 Å². The molecule has 1 aliphatic rings. The Hall–Kier alpha value is -0.510. The summed E-state index contributed by atoms with van der Waals surface area (Å²) in [5, 5.41) is 6.26. The summed E-state index contributed by atoms with van der Waals surface area (Å²) in [6.07, 6.45) is 1.13. The molecule has 1 aliphatic heterocycles. The van der Waals surface area contributed by atoms with Gasteiger partial charge in [0.15, 0.2) is 5.96 Å². The molecule has 1 rings (SSSR count). The van der Waals surface area contributed by atoms with Crippen molar-refractivity contribution in [2.75, 3.05) is 19.6 Å². The second kappa shape index (κ2) is 4.38. The topological polar surface area (TPSA) is 36.4 Å². The van der Waals surface area contributed by atoms with Crippen LogP contribution in [0.15, 0.2) is 16.1 Å². The Bertz CT molecular complexity index is 177. The van der Waals surface area contributed by atoms with Crippen molar-refractivity contribution < 1.29 is 0 Å². The molecule has 0 amide bonds. The lowest BCUT2D eigenvalue weighted by atomic mass is 10.4. The Balaban J connectivity index is 2.24.